The largest absolute Gasteiger partial charge is 0.379 e. The number of morpholine rings is 1. The van der Waals surface area contributed by atoms with Crippen molar-refractivity contribution in [3.05, 3.63) is 35.4 Å². The van der Waals surface area contributed by atoms with E-state index in [1.54, 1.807) is 0 Å². The van der Waals surface area contributed by atoms with Crippen LogP contribution in [0.1, 0.15) is 38.3 Å². The zero-order chi connectivity index (χ0) is 20.0. The van der Waals surface area contributed by atoms with Gasteiger partial charge in [0.2, 0.25) is 0 Å². The van der Waals surface area contributed by atoms with Gasteiger partial charge in [-0.25, -0.2) is 4.99 Å². The number of hydrogen-bond acceptors (Lipinski definition) is 4. The zero-order valence-corrected chi connectivity index (χ0v) is 20.8. The topological polar surface area (TPSA) is 52.1 Å². The van der Waals surface area contributed by atoms with E-state index in [1.165, 1.54) is 11.1 Å². The van der Waals surface area contributed by atoms with Gasteiger partial charge in [0, 0.05) is 32.7 Å². The molecule has 2 N–H and O–H groups in total. The van der Waals surface area contributed by atoms with Crippen LogP contribution in [0.3, 0.4) is 0 Å². The summed E-state index contributed by atoms with van der Waals surface area (Å²) in [6, 6.07) is 8.85. The van der Waals surface area contributed by atoms with Crippen molar-refractivity contribution in [2.24, 2.45) is 4.99 Å². The van der Waals surface area contributed by atoms with Crippen LogP contribution in [-0.2, 0) is 17.8 Å². The van der Waals surface area contributed by atoms with E-state index in [0.717, 1.165) is 78.0 Å². The number of nitrogens with one attached hydrogen (secondary N) is 2. The summed E-state index contributed by atoms with van der Waals surface area (Å²) >= 11 is 0. The van der Waals surface area contributed by atoms with Crippen molar-refractivity contribution in [2.75, 3.05) is 59.0 Å². The number of aliphatic imine (C=N–C) groups is 1. The molecule has 1 heterocycles. The van der Waals surface area contributed by atoms with E-state index in [2.05, 4.69) is 65.5 Å². The second kappa shape index (κ2) is 15.9. The van der Waals surface area contributed by atoms with Crippen LogP contribution >= 0.6 is 24.0 Å². The highest BCUT2D eigenvalue weighted by atomic mass is 127. The highest BCUT2D eigenvalue weighted by molar-refractivity contribution is 14.0. The number of benzene rings is 1. The molecule has 0 saturated carbocycles. The molecule has 29 heavy (non-hydrogen) atoms. The van der Waals surface area contributed by atoms with Gasteiger partial charge in [-0.15, -0.1) is 24.0 Å². The first-order valence-corrected chi connectivity index (χ1v) is 10.9. The van der Waals surface area contributed by atoms with Gasteiger partial charge < -0.3 is 15.4 Å². The fraction of sp³-hybridized carbons (Fsp3) is 0.682. The van der Waals surface area contributed by atoms with Crippen molar-refractivity contribution in [1.29, 1.82) is 0 Å². The van der Waals surface area contributed by atoms with Crippen LogP contribution in [0.5, 0.6) is 0 Å². The molecule has 2 rings (SSSR count). The standard InChI is InChI=1S/C22H39N5O.HI/c1-4-23-22(24-12-7-13-27-14-16-28-17-15-27)25-18-20-8-10-21(11-9-20)19-26(5-2)6-3;/h8-11H,4-7,12-19H2,1-3H3,(H2,23,24,25);1H. The summed E-state index contributed by atoms with van der Waals surface area (Å²) in [6.45, 7) is 17.2. The van der Waals surface area contributed by atoms with E-state index in [9.17, 15) is 0 Å². The average molecular weight is 518 g/mol. The van der Waals surface area contributed by atoms with Crippen molar-refractivity contribution in [2.45, 2.75) is 40.3 Å². The molecular weight excluding hydrogens is 477 g/mol. The number of nitrogens with zero attached hydrogens (tertiary/aromatic N) is 3. The van der Waals surface area contributed by atoms with Crippen LogP contribution in [0, 0.1) is 0 Å². The van der Waals surface area contributed by atoms with Crippen molar-refractivity contribution in [3.63, 3.8) is 0 Å². The molecule has 1 aromatic rings. The number of hydrogen-bond donors (Lipinski definition) is 2. The van der Waals surface area contributed by atoms with Crippen LogP contribution in [0.25, 0.3) is 0 Å². The van der Waals surface area contributed by atoms with E-state index in [1.807, 2.05) is 0 Å². The SMILES string of the molecule is CCNC(=NCc1ccc(CN(CC)CC)cc1)NCCCN1CCOCC1.I. The van der Waals surface area contributed by atoms with Crippen molar-refractivity contribution in [1.82, 2.24) is 20.4 Å². The third-order valence-corrected chi connectivity index (χ3v) is 5.13. The molecule has 1 aliphatic heterocycles. The summed E-state index contributed by atoms with van der Waals surface area (Å²) in [4.78, 5) is 9.64. The first kappa shape index (κ1) is 26.1. The molecule has 0 aromatic heterocycles. The Morgan fingerprint density at radius 1 is 1.03 bits per heavy atom. The minimum Gasteiger partial charge on any atom is -0.379 e. The molecule has 0 bridgehead atoms. The van der Waals surface area contributed by atoms with Gasteiger partial charge in [0.15, 0.2) is 5.96 Å². The Bertz CT molecular complexity index is 557. The summed E-state index contributed by atoms with van der Waals surface area (Å²) in [5.74, 6) is 0.900. The lowest BCUT2D eigenvalue weighted by Gasteiger charge is -2.26. The van der Waals surface area contributed by atoms with Gasteiger partial charge in [-0.1, -0.05) is 38.1 Å². The van der Waals surface area contributed by atoms with Crippen LogP contribution in [0.4, 0.5) is 0 Å². The Labute approximate surface area is 194 Å². The molecule has 0 aliphatic carbocycles. The number of halogens is 1. The first-order chi connectivity index (χ1) is 13.7. The van der Waals surface area contributed by atoms with Crippen LogP contribution < -0.4 is 10.6 Å². The van der Waals surface area contributed by atoms with Gasteiger partial charge in [0.05, 0.1) is 19.8 Å². The Morgan fingerprint density at radius 3 is 2.31 bits per heavy atom. The predicted octanol–water partition coefficient (Wildman–Crippen LogP) is 2.92. The van der Waals surface area contributed by atoms with Crippen molar-refractivity contribution >= 4 is 29.9 Å². The Morgan fingerprint density at radius 2 is 1.69 bits per heavy atom. The third-order valence-electron chi connectivity index (χ3n) is 5.13. The lowest BCUT2D eigenvalue weighted by atomic mass is 10.1. The van der Waals surface area contributed by atoms with E-state index >= 15 is 0 Å². The highest BCUT2D eigenvalue weighted by Gasteiger charge is 2.09. The summed E-state index contributed by atoms with van der Waals surface area (Å²) in [6.07, 6.45) is 1.12. The summed E-state index contributed by atoms with van der Waals surface area (Å²) < 4.78 is 5.40. The van der Waals surface area contributed by atoms with E-state index in [-0.39, 0.29) is 24.0 Å². The zero-order valence-electron chi connectivity index (χ0n) is 18.5. The second-order valence-corrected chi connectivity index (χ2v) is 7.21. The fourth-order valence-corrected chi connectivity index (χ4v) is 3.30. The lowest BCUT2D eigenvalue weighted by Crippen LogP contribution is -2.40. The fourth-order valence-electron chi connectivity index (χ4n) is 3.30. The van der Waals surface area contributed by atoms with Gasteiger partial charge in [0.1, 0.15) is 0 Å². The Balaban J connectivity index is 0.00000420. The summed E-state index contributed by atoms with van der Waals surface area (Å²) in [5.41, 5.74) is 2.61. The molecule has 7 heteroatoms. The van der Waals surface area contributed by atoms with Gasteiger partial charge in [0.25, 0.3) is 0 Å². The Kier molecular flexibility index (Phi) is 14.3. The van der Waals surface area contributed by atoms with Crippen LogP contribution in [0.15, 0.2) is 29.3 Å². The Hall–Kier alpha value is -0.900. The molecule has 0 amide bonds. The molecule has 1 saturated heterocycles. The smallest absolute Gasteiger partial charge is 0.191 e. The van der Waals surface area contributed by atoms with Gasteiger partial charge in [-0.3, -0.25) is 9.80 Å². The molecule has 6 nitrogen and oxygen atoms in total. The quantitative estimate of drug-likeness (QED) is 0.205. The molecule has 0 atom stereocenters. The third kappa shape index (κ3) is 10.6. The molecule has 1 fully saturated rings. The predicted molar refractivity (Wildman–Crippen MR) is 133 cm³/mol. The van der Waals surface area contributed by atoms with E-state index in [4.69, 9.17) is 9.73 Å². The molecule has 0 unspecified atom stereocenters. The maximum absolute atomic E-state index is 5.40. The van der Waals surface area contributed by atoms with Crippen molar-refractivity contribution < 1.29 is 4.74 Å². The van der Waals surface area contributed by atoms with Gasteiger partial charge in [-0.2, -0.15) is 0 Å². The molecule has 166 valence electrons. The molecule has 0 spiro atoms. The van der Waals surface area contributed by atoms with Crippen LogP contribution in [-0.4, -0.2) is 74.8 Å². The molecular formula is C22H40IN5O. The lowest BCUT2D eigenvalue weighted by molar-refractivity contribution is 0.0376. The van der Waals surface area contributed by atoms with E-state index in [0.29, 0.717) is 6.54 Å². The summed E-state index contributed by atoms with van der Waals surface area (Å²) in [7, 11) is 0. The maximum atomic E-state index is 5.40. The minimum atomic E-state index is 0. The van der Waals surface area contributed by atoms with E-state index < -0.39 is 0 Å². The first-order valence-electron chi connectivity index (χ1n) is 10.9. The van der Waals surface area contributed by atoms with Gasteiger partial charge >= 0.3 is 0 Å². The second-order valence-electron chi connectivity index (χ2n) is 7.21. The van der Waals surface area contributed by atoms with Crippen molar-refractivity contribution in [3.8, 4) is 0 Å². The summed E-state index contributed by atoms with van der Waals surface area (Å²) in [5, 5.41) is 6.80. The molecule has 0 radical (unpaired) electrons. The number of ether oxygens (including phenoxy) is 1. The normalized spacial score (nSPS) is 15.2. The average Bonchev–Trinajstić information content (AvgIpc) is 2.74. The minimum absolute atomic E-state index is 0. The van der Waals surface area contributed by atoms with Crippen LogP contribution in [0.2, 0.25) is 0 Å². The molecule has 1 aliphatic rings. The monoisotopic (exact) mass is 517 g/mol. The molecule has 1 aromatic carbocycles. The van der Waals surface area contributed by atoms with Gasteiger partial charge in [-0.05, 0) is 44.1 Å². The number of rotatable bonds is 11. The number of guanidine groups is 1. The highest BCUT2D eigenvalue weighted by Crippen LogP contribution is 2.08. The maximum Gasteiger partial charge on any atom is 0.191 e.